The van der Waals surface area contributed by atoms with Crippen LogP contribution in [0.2, 0.25) is 0 Å². The summed E-state index contributed by atoms with van der Waals surface area (Å²) in [5.74, 6) is 5.61. The highest BCUT2D eigenvalue weighted by atomic mass is 32.1. The molecule has 0 atom stereocenters. The van der Waals surface area contributed by atoms with E-state index in [1.165, 1.54) is 5.01 Å². The summed E-state index contributed by atoms with van der Waals surface area (Å²) in [5.41, 5.74) is 7.26. The topological polar surface area (TPSA) is 55.3 Å². The quantitative estimate of drug-likeness (QED) is 0.384. The van der Waals surface area contributed by atoms with Gasteiger partial charge in [-0.3, -0.25) is 5.01 Å². The van der Waals surface area contributed by atoms with Gasteiger partial charge in [-0.05, 0) is 30.8 Å². The number of nitrogens with two attached hydrogens (primary N) is 2. The summed E-state index contributed by atoms with van der Waals surface area (Å²) in [6.45, 7) is 1.95. The van der Waals surface area contributed by atoms with Crippen LogP contribution in [-0.4, -0.2) is 5.11 Å². The van der Waals surface area contributed by atoms with Gasteiger partial charge in [0.05, 0.1) is 5.69 Å². The van der Waals surface area contributed by atoms with E-state index >= 15 is 0 Å². The van der Waals surface area contributed by atoms with E-state index in [9.17, 15) is 0 Å². The van der Waals surface area contributed by atoms with Gasteiger partial charge in [0.25, 0.3) is 0 Å². The summed E-state index contributed by atoms with van der Waals surface area (Å²) in [5, 5.41) is 1.47. The molecule has 0 aliphatic carbocycles. The first kappa shape index (κ1) is 8.96. The van der Waals surface area contributed by atoms with Crippen molar-refractivity contribution >= 4 is 23.0 Å². The van der Waals surface area contributed by atoms with Crippen molar-refractivity contribution in [2.24, 2.45) is 11.6 Å². The molecule has 0 saturated heterocycles. The number of aryl methyl sites for hydroxylation is 1. The number of anilines is 1. The van der Waals surface area contributed by atoms with E-state index in [0.29, 0.717) is 0 Å². The fourth-order valence-electron chi connectivity index (χ4n) is 0.952. The molecule has 64 valence electrons. The maximum absolute atomic E-state index is 5.61. The van der Waals surface area contributed by atoms with E-state index in [1.807, 2.05) is 31.2 Å². The van der Waals surface area contributed by atoms with Gasteiger partial charge in [-0.1, -0.05) is 18.2 Å². The third kappa shape index (κ3) is 1.72. The van der Waals surface area contributed by atoms with Crippen LogP contribution < -0.4 is 16.6 Å². The zero-order valence-electron chi connectivity index (χ0n) is 6.82. The predicted octanol–water partition coefficient (Wildman–Crippen LogP) is 0.919. The summed E-state index contributed by atoms with van der Waals surface area (Å²) >= 11 is 4.74. The Bertz CT molecular complexity index is 298. The van der Waals surface area contributed by atoms with Crippen molar-refractivity contribution in [3.8, 4) is 0 Å². The van der Waals surface area contributed by atoms with Gasteiger partial charge in [0.15, 0.2) is 5.11 Å². The smallest absolute Gasteiger partial charge is 0.185 e. The van der Waals surface area contributed by atoms with Crippen molar-refractivity contribution in [1.29, 1.82) is 0 Å². The first-order valence-corrected chi connectivity index (χ1v) is 3.93. The number of nitrogens with zero attached hydrogens (tertiary/aromatic N) is 1. The number of thiocarbonyl (C=S) groups is 1. The molecule has 1 aromatic rings. The molecule has 0 radical (unpaired) electrons. The molecule has 0 aromatic heterocycles. The fraction of sp³-hybridized carbons (Fsp3) is 0.125. The van der Waals surface area contributed by atoms with Gasteiger partial charge in [0, 0.05) is 0 Å². The lowest BCUT2D eigenvalue weighted by atomic mass is 10.2. The number of para-hydroxylation sites is 1. The first-order chi connectivity index (χ1) is 5.63. The second kappa shape index (κ2) is 3.51. The zero-order valence-corrected chi connectivity index (χ0v) is 7.64. The molecule has 0 aliphatic heterocycles. The maximum atomic E-state index is 5.61. The molecule has 0 heterocycles. The van der Waals surface area contributed by atoms with Crippen molar-refractivity contribution in [3.63, 3.8) is 0 Å². The van der Waals surface area contributed by atoms with Gasteiger partial charge in [0.1, 0.15) is 0 Å². The van der Waals surface area contributed by atoms with Crippen molar-refractivity contribution in [1.82, 2.24) is 0 Å². The molecule has 0 amide bonds. The minimum atomic E-state index is 0.171. The molecule has 0 fully saturated rings. The molecule has 0 bridgehead atoms. The van der Waals surface area contributed by atoms with Crippen LogP contribution in [0.4, 0.5) is 5.69 Å². The van der Waals surface area contributed by atoms with Crippen LogP contribution in [0.5, 0.6) is 0 Å². The summed E-state index contributed by atoms with van der Waals surface area (Å²) in [4.78, 5) is 0. The third-order valence-electron chi connectivity index (χ3n) is 1.61. The van der Waals surface area contributed by atoms with Crippen molar-refractivity contribution in [2.45, 2.75) is 6.92 Å². The van der Waals surface area contributed by atoms with Crippen LogP contribution in [0.25, 0.3) is 0 Å². The molecular weight excluding hydrogens is 170 g/mol. The SMILES string of the molecule is Cc1ccccc1N(N)C(N)=S. The van der Waals surface area contributed by atoms with Gasteiger partial charge in [-0.15, -0.1) is 0 Å². The fourth-order valence-corrected chi connectivity index (χ4v) is 1.05. The Labute approximate surface area is 76.9 Å². The van der Waals surface area contributed by atoms with Crippen LogP contribution in [0, 0.1) is 6.92 Å². The van der Waals surface area contributed by atoms with Crippen molar-refractivity contribution < 1.29 is 0 Å². The Balaban J connectivity index is 3.02. The molecule has 0 unspecified atom stereocenters. The van der Waals surface area contributed by atoms with Crippen LogP contribution in [0.3, 0.4) is 0 Å². The molecule has 0 spiro atoms. The van der Waals surface area contributed by atoms with Crippen LogP contribution in [0.15, 0.2) is 24.3 Å². The number of hydrogen-bond donors (Lipinski definition) is 2. The monoisotopic (exact) mass is 181 g/mol. The third-order valence-corrected chi connectivity index (χ3v) is 1.81. The van der Waals surface area contributed by atoms with Crippen LogP contribution in [0.1, 0.15) is 5.56 Å². The summed E-state index contributed by atoms with van der Waals surface area (Å²) in [7, 11) is 0. The highest BCUT2D eigenvalue weighted by Gasteiger charge is 2.05. The summed E-state index contributed by atoms with van der Waals surface area (Å²) in [6.07, 6.45) is 0. The summed E-state index contributed by atoms with van der Waals surface area (Å²) in [6, 6.07) is 7.65. The number of benzene rings is 1. The maximum Gasteiger partial charge on any atom is 0.185 e. The molecule has 1 aromatic carbocycles. The Morgan fingerprint density at radius 3 is 2.50 bits per heavy atom. The lowest BCUT2D eigenvalue weighted by Gasteiger charge is -2.17. The molecule has 3 nitrogen and oxygen atoms in total. The van der Waals surface area contributed by atoms with Gasteiger partial charge < -0.3 is 5.73 Å². The molecule has 0 aliphatic rings. The number of hydrogen-bond acceptors (Lipinski definition) is 2. The molecule has 4 heteroatoms. The number of hydrazine groups is 1. The predicted molar refractivity (Wildman–Crippen MR) is 54.6 cm³/mol. The van der Waals surface area contributed by atoms with Gasteiger partial charge >= 0.3 is 0 Å². The zero-order chi connectivity index (χ0) is 9.14. The van der Waals surface area contributed by atoms with E-state index in [0.717, 1.165) is 11.3 Å². The van der Waals surface area contributed by atoms with Gasteiger partial charge in [0.2, 0.25) is 0 Å². The van der Waals surface area contributed by atoms with Crippen LogP contribution in [-0.2, 0) is 0 Å². The Kier molecular flexibility index (Phi) is 2.62. The van der Waals surface area contributed by atoms with Crippen molar-refractivity contribution in [2.75, 3.05) is 5.01 Å². The van der Waals surface area contributed by atoms with E-state index in [2.05, 4.69) is 0 Å². The highest BCUT2D eigenvalue weighted by molar-refractivity contribution is 7.80. The van der Waals surface area contributed by atoms with E-state index in [4.69, 9.17) is 23.8 Å². The lowest BCUT2D eigenvalue weighted by Crippen LogP contribution is -2.41. The first-order valence-electron chi connectivity index (χ1n) is 3.53. The minimum Gasteiger partial charge on any atom is -0.375 e. The second-order valence-electron chi connectivity index (χ2n) is 2.49. The second-order valence-corrected chi connectivity index (χ2v) is 2.91. The average Bonchev–Trinajstić information content (AvgIpc) is 2.04. The highest BCUT2D eigenvalue weighted by Crippen LogP contribution is 2.15. The molecular formula is C8H11N3S. The number of rotatable bonds is 1. The molecule has 1 rings (SSSR count). The van der Waals surface area contributed by atoms with E-state index < -0.39 is 0 Å². The molecule has 12 heavy (non-hydrogen) atoms. The van der Waals surface area contributed by atoms with Crippen molar-refractivity contribution in [3.05, 3.63) is 29.8 Å². The minimum absolute atomic E-state index is 0.171. The average molecular weight is 181 g/mol. The Hall–Kier alpha value is -1.13. The largest absolute Gasteiger partial charge is 0.375 e. The Morgan fingerprint density at radius 2 is 2.00 bits per heavy atom. The molecule has 4 N–H and O–H groups in total. The van der Waals surface area contributed by atoms with Crippen LogP contribution >= 0.6 is 12.2 Å². The van der Waals surface area contributed by atoms with Gasteiger partial charge in [-0.2, -0.15) is 0 Å². The van der Waals surface area contributed by atoms with Gasteiger partial charge in [-0.25, -0.2) is 5.84 Å². The molecule has 0 saturated carbocycles. The normalized spacial score (nSPS) is 9.50. The standard InChI is InChI=1S/C8H11N3S/c1-6-4-2-3-5-7(6)11(10)8(9)12/h2-5H,10H2,1H3,(H2,9,12). The Morgan fingerprint density at radius 1 is 1.42 bits per heavy atom. The van der Waals surface area contributed by atoms with E-state index in [1.54, 1.807) is 0 Å². The summed E-state index contributed by atoms with van der Waals surface area (Å²) < 4.78 is 0. The lowest BCUT2D eigenvalue weighted by molar-refractivity contribution is 1.12. The van der Waals surface area contributed by atoms with E-state index in [-0.39, 0.29) is 5.11 Å².